The number of hydrogen-bond acceptors (Lipinski definition) is 3. The number of hydrogen-bond donors (Lipinski definition) is 2. The van der Waals surface area contributed by atoms with Gasteiger partial charge in [0.15, 0.2) is 0 Å². The number of unbranched alkanes of at least 4 members (excludes halogenated alkanes) is 1. The Hall–Kier alpha value is -1.37. The van der Waals surface area contributed by atoms with E-state index in [1.165, 1.54) is 0 Å². The van der Waals surface area contributed by atoms with Gasteiger partial charge in [0.2, 0.25) is 0 Å². The van der Waals surface area contributed by atoms with Crippen molar-refractivity contribution >= 4 is 34.2 Å². The highest BCUT2D eigenvalue weighted by atomic mass is 79.9. The van der Waals surface area contributed by atoms with E-state index in [1.807, 2.05) is 24.3 Å². The monoisotopic (exact) mass is 400 g/mol. The third-order valence-corrected chi connectivity index (χ3v) is 3.99. The van der Waals surface area contributed by atoms with Gasteiger partial charge in [-0.2, -0.15) is 5.10 Å². The van der Waals surface area contributed by atoms with E-state index in [2.05, 4.69) is 33.3 Å². The van der Waals surface area contributed by atoms with Gasteiger partial charge in [0, 0.05) is 23.3 Å². The molecular weight excluding hydrogens is 380 g/mol. The highest BCUT2D eigenvalue weighted by molar-refractivity contribution is 9.10. The molecule has 1 aromatic carbocycles. The lowest BCUT2D eigenvalue weighted by Gasteiger charge is -2.15. The van der Waals surface area contributed by atoms with Gasteiger partial charge < -0.3 is 11.1 Å². The van der Waals surface area contributed by atoms with E-state index in [4.69, 9.17) is 5.73 Å². The van der Waals surface area contributed by atoms with Crippen LogP contribution in [0.5, 0.6) is 0 Å². The maximum Gasteiger partial charge on any atom is 0.254 e. The summed E-state index contributed by atoms with van der Waals surface area (Å²) in [6, 6.07) is 7.76. The van der Waals surface area contributed by atoms with Gasteiger partial charge in [-0.3, -0.25) is 4.79 Å². The largest absolute Gasteiger partial charge is 0.348 e. The summed E-state index contributed by atoms with van der Waals surface area (Å²) < 4.78 is 2.69. The van der Waals surface area contributed by atoms with Crippen molar-refractivity contribution in [3.8, 4) is 5.69 Å². The molecule has 0 aliphatic heterocycles. The molecule has 0 saturated carbocycles. The van der Waals surface area contributed by atoms with Gasteiger partial charge in [-0.05, 0) is 30.7 Å². The van der Waals surface area contributed by atoms with Gasteiger partial charge >= 0.3 is 0 Å². The lowest BCUT2D eigenvalue weighted by molar-refractivity contribution is 0.0936. The normalized spacial score (nSPS) is 11.6. The van der Waals surface area contributed by atoms with Crippen LogP contribution in [-0.4, -0.2) is 28.3 Å². The molecule has 3 N–H and O–H groups in total. The minimum absolute atomic E-state index is 0. The van der Waals surface area contributed by atoms with Gasteiger partial charge in [-0.15, -0.1) is 12.4 Å². The van der Waals surface area contributed by atoms with Gasteiger partial charge in [0.1, 0.15) is 0 Å². The molecule has 5 nitrogen and oxygen atoms in total. The molecule has 23 heavy (non-hydrogen) atoms. The van der Waals surface area contributed by atoms with E-state index < -0.39 is 0 Å². The molecular formula is C16H22BrClN4O. The topological polar surface area (TPSA) is 72.9 Å². The highest BCUT2D eigenvalue weighted by Gasteiger charge is 2.14. The van der Waals surface area contributed by atoms with Gasteiger partial charge in [-0.25, -0.2) is 4.68 Å². The molecule has 1 amide bonds. The quantitative estimate of drug-likeness (QED) is 0.747. The van der Waals surface area contributed by atoms with E-state index in [-0.39, 0.29) is 24.4 Å². The minimum atomic E-state index is -0.130. The SMILES string of the molecule is CCCCC(CN)NC(=O)c1cnn(-c2ccc(Br)cc2)c1.Cl. The van der Waals surface area contributed by atoms with E-state index in [0.29, 0.717) is 12.1 Å². The number of nitrogens with zero attached hydrogens (tertiary/aromatic N) is 2. The van der Waals surface area contributed by atoms with Gasteiger partial charge in [0.05, 0.1) is 17.4 Å². The second kappa shape index (κ2) is 9.70. The summed E-state index contributed by atoms with van der Waals surface area (Å²) in [5.41, 5.74) is 7.16. The van der Waals surface area contributed by atoms with Crippen molar-refractivity contribution in [3.63, 3.8) is 0 Å². The number of benzene rings is 1. The van der Waals surface area contributed by atoms with Crippen molar-refractivity contribution in [2.24, 2.45) is 5.73 Å². The zero-order valence-electron chi connectivity index (χ0n) is 13.0. The zero-order valence-corrected chi connectivity index (χ0v) is 15.4. The highest BCUT2D eigenvalue weighted by Crippen LogP contribution is 2.14. The zero-order chi connectivity index (χ0) is 15.9. The van der Waals surface area contributed by atoms with Crippen LogP contribution in [0.3, 0.4) is 0 Å². The van der Waals surface area contributed by atoms with Crippen LogP contribution < -0.4 is 11.1 Å². The van der Waals surface area contributed by atoms with E-state index in [0.717, 1.165) is 29.4 Å². The summed E-state index contributed by atoms with van der Waals surface area (Å²) >= 11 is 3.40. The lowest BCUT2D eigenvalue weighted by Crippen LogP contribution is -2.40. The minimum Gasteiger partial charge on any atom is -0.348 e. The summed E-state index contributed by atoms with van der Waals surface area (Å²) in [7, 11) is 0. The molecule has 0 aliphatic carbocycles. The summed E-state index contributed by atoms with van der Waals surface area (Å²) in [6.45, 7) is 2.57. The average molecular weight is 402 g/mol. The Labute approximate surface area is 151 Å². The third-order valence-electron chi connectivity index (χ3n) is 3.46. The molecule has 0 saturated heterocycles. The summed E-state index contributed by atoms with van der Waals surface area (Å²) in [6.07, 6.45) is 6.35. The number of rotatable bonds is 7. The van der Waals surface area contributed by atoms with Crippen molar-refractivity contribution in [1.82, 2.24) is 15.1 Å². The van der Waals surface area contributed by atoms with E-state index in [9.17, 15) is 4.79 Å². The number of nitrogens with one attached hydrogen (secondary N) is 1. The maximum atomic E-state index is 12.2. The number of aromatic nitrogens is 2. The van der Waals surface area contributed by atoms with Crippen LogP contribution in [0.1, 0.15) is 36.5 Å². The van der Waals surface area contributed by atoms with Crippen molar-refractivity contribution in [3.05, 3.63) is 46.7 Å². The Bertz CT molecular complexity index is 615. The van der Waals surface area contributed by atoms with Crippen molar-refractivity contribution in [1.29, 1.82) is 0 Å². The molecule has 0 fully saturated rings. The fourth-order valence-electron chi connectivity index (χ4n) is 2.14. The average Bonchev–Trinajstić information content (AvgIpc) is 3.02. The standard InChI is InChI=1S/C16H21BrN4O.ClH/c1-2-3-4-14(9-18)20-16(22)12-10-19-21(11-12)15-7-5-13(17)6-8-15;/h5-8,10-11,14H,2-4,9,18H2,1H3,(H,20,22);1H. The summed E-state index contributed by atoms with van der Waals surface area (Å²) in [4.78, 5) is 12.2. The molecule has 126 valence electrons. The van der Waals surface area contributed by atoms with E-state index in [1.54, 1.807) is 17.1 Å². The molecule has 1 aromatic heterocycles. The fourth-order valence-corrected chi connectivity index (χ4v) is 2.41. The Morgan fingerprint density at radius 3 is 2.70 bits per heavy atom. The molecule has 1 unspecified atom stereocenters. The molecule has 2 rings (SSSR count). The molecule has 0 aliphatic rings. The van der Waals surface area contributed by atoms with Crippen LogP contribution in [0.15, 0.2) is 41.1 Å². The summed E-state index contributed by atoms with van der Waals surface area (Å²) in [5.74, 6) is -0.130. The maximum absolute atomic E-state index is 12.2. The Morgan fingerprint density at radius 1 is 1.39 bits per heavy atom. The molecule has 0 bridgehead atoms. The molecule has 1 heterocycles. The Morgan fingerprint density at radius 2 is 2.09 bits per heavy atom. The van der Waals surface area contributed by atoms with E-state index >= 15 is 0 Å². The van der Waals surface area contributed by atoms with Crippen molar-refractivity contribution in [2.45, 2.75) is 32.2 Å². The van der Waals surface area contributed by atoms with Crippen LogP contribution in [-0.2, 0) is 0 Å². The van der Waals surface area contributed by atoms with Gasteiger partial charge in [-0.1, -0.05) is 35.7 Å². The molecule has 2 aromatic rings. The second-order valence-electron chi connectivity index (χ2n) is 5.20. The fraction of sp³-hybridized carbons (Fsp3) is 0.375. The Balaban J connectivity index is 0.00000264. The molecule has 0 spiro atoms. The first-order valence-corrected chi connectivity index (χ1v) is 8.25. The molecule has 1 atom stereocenters. The van der Waals surface area contributed by atoms with Gasteiger partial charge in [0.25, 0.3) is 5.91 Å². The predicted molar refractivity (Wildman–Crippen MR) is 98.3 cm³/mol. The Kier molecular flexibility index (Phi) is 8.30. The number of carbonyl (C=O) groups excluding carboxylic acids is 1. The number of carbonyl (C=O) groups is 1. The van der Waals surface area contributed by atoms with Crippen LogP contribution in [0.25, 0.3) is 5.69 Å². The second-order valence-corrected chi connectivity index (χ2v) is 6.11. The summed E-state index contributed by atoms with van der Waals surface area (Å²) in [5, 5.41) is 7.21. The van der Waals surface area contributed by atoms with Crippen LogP contribution in [0.2, 0.25) is 0 Å². The molecule has 0 radical (unpaired) electrons. The number of nitrogens with two attached hydrogens (primary N) is 1. The predicted octanol–water partition coefficient (Wildman–Crippen LogP) is 3.30. The number of amides is 1. The first-order chi connectivity index (χ1) is 10.6. The van der Waals surface area contributed by atoms with Crippen molar-refractivity contribution < 1.29 is 4.79 Å². The third kappa shape index (κ3) is 5.64. The first-order valence-electron chi connectivity index (χ1n) is 7.45. The molecule has 7 heteroatoms. The van der Waals surface area contributed by atoms with Crippen molar-refractivity contribution in [2.75, 3.05) is 6.54 Å². The lowest BCUT2D eigenvalue weighted by atomic mass is 10.1. The van der Waals surface area contributed by atoms with Crippen LogP contribution >= 0.6 is 28.3 Å². The first kappa shape index (κ1) is 19.7. The number of halogens is 2. The van der Waals surface area contributed by atoms with Crippen LogP contribution in [0, 0.1) is 0 Å². The smallest absolute Gasteiger partial charge is 0.254 e. The van der Waals surface area contributed by atoms with Crippen LogP contribution in [0.4, 0.5) is 0 Å².